The van der Waals surface area contributed by atoms with E-state index in [1.54, 1.807) is 0 Å². The van der Waals surface area contributed by atoms with Crippen LogP contribution in [0, 0.1) is 5.41 Å². The van der Waals surface area contributed by atoms with Crippen molar-refractivity contribution in [2.24, 2.45) is 5.41 Å². The molecule has 0 aliphatic heterocycles. The molecule has 0 aromatic heterocycles. The van der Waals surface area contributed by atoms with Gasteiger partial charge in [-0.15, -0.1) is 0 Å². The predicted octanol–water partition coefficient (Wildman–Crippen LogP) is 9.17. The summed E-state index contributed by atoms with van der Waals surface area (Å²) in [5, 5.41) is 25.8. The van der Waals surface area contributed by atoms with Crippen LogP contribution >= 0.6 is 0 Å². The van der Waals surface area contributed by atoms with E-state index in [-0.39, 0.29) is 25.7 Å². The van der Waals surface area contributed by atoms with Crippen LogP contribution in [0.2, 0.25) is 0 Å². The molecule has 0 aliphatic rings. The van der Waals surface area contributed by atoms with Crippen LogP contribution in [0.15, 0.2) is 0 Å². The normalized spacial score (nSPS) is 11.6. The molecule has 2 unspecified atom stereocenters. The zero-order valence-electron chi connectivity index (χ0n) is 23.4. The SMILES string of the molecule is C.CCC(C)(C)C.CCC(O)CC.CCCC(C)O.CCCC(C)O.CCCCCC. The summed E-state index contributed by atoms with van der Waals surface area (Å²) in [6.45, 7) is 25.1. The first kappa shape index (κ1) is 44.5. The average Bonchev–Trinajstić information content (AvgIpc) is 2.66. The number of aliphatic hydroxyl groups excluding tert-OH is 3. The summed E-state index contributed by atoms with van der Waals surface area (Å²) in [5.74, 6) is 0. The van der Waals surface area contributed by atoms with Crippen molar-refractivity contribution in [1.29, 1.82) is 0 Å². The van der Waals surface area contributed by atoms with E-state index in [2.05, 4.69) is 55.4 Å². The zero-order chi connectivity index (χ0) is 25.0. The third kappa shape index (κ3) is 92.1. The molecule has 0 saturated heterocycles. The third-order valence-corrected chi connectivity index (χ3v) is 4.37. The molecule has 198 valence electrons. The highest BCUT2D eigenvalue weighted by Crippen LogP contribution is 2.16. The second kappa shape index (κ2) is 37.2. The minimum Gasteiger partial charge on any atom is -0.393 e. The van der Waals surface area contributed by atoms with Gasteiger partial charge in [-0.2, -0.15) is 0 Å². The smallest absolute Gasteiger partial charge is 0.0535 e. The zero-order valence-corrected chi connectivity index (χ0v) is 23.4. The molecule has 0 heterocycles. The maximum absolute atomic E-state index is 8.67. The van der Waals surface area contributed by atoms with E-state index in [1.165, 1.54) is 32.1 Å². The van der Waals surface area contributed by atoms with Crippen LogP contribution in [0.1, 0.15) is 161 Å². The van der Waals surface area contributed by atoms with Crippen molar-refractivity contribution in [1.82, 2.24) is 0 Å². The molecule has 31 heavy (non-hydrogen) atoms. The van der Waals surface area contributed by atoms with Crippen molar-refractivity contribution in [2.45, 2.75) is 179 Å². The molecule has 0 saturated carbocycles. The van der Waals surface area contributed by atoms with Gasteiger partial charge in [0.1, 0.15) is 0 Å². The van der Waals surface area contributed by atoms with E-state index in [0.29, 0.717) is 5.41 Å². The minimum absolute atomic E-state index is 0. The summed E-state index contributed by atoms with van der Waals surface area (Å²) >= 11 is 0. The maximum Gasteiger partial charge on any atom is 0.0535 e. The molecule has 0 rings (SSSR count). The second-order valence-corrected chi connectivity index (χ2v) is 9.37. The lowest BCUT2D eigenvalue weighted by Crippen LogP contribution is -2.00. The fourth-order valence-corrected chi connectivity index (χ4v) is 1.62. The maximum atomic E-state index is 8.67. The van der Waals surface area contributed by atoms with Gasteiger partial charge in [-0.3, -0.25) is 0 Å². The van der Waals surface area contributed by atoms with Gasteiger partial charge in [0.15, 0.2) is 0 Å². The summed E-state index contributed by atoms with van der Waals surface area (Å²) in [4.78, 5) is 0. The highest BCUT2D eigenvalue weighted by atomic mass is 16.3. The van der Waals surface area contributed by atoms with Gasteiger partial charge in [-0.1, -0.05) is 122 Å². The van der Waals surface area contributed by atoms with Gasteiger partial charge in [0.25, 0.3) is 0 Å². The van der Waals surface area contributed by atoms with Gasteiger partial charge in [0, 0.05) is 0 Å². The van der Waals surface area contributed by atoms with Crippen LogP contribution < -0.4 is 0 Å². The van der Waals surface area contributed by atoms with Crippen molar-refractivity contribution in [3.05, 3.63) is 0 Å². The van der Waals surface area contributed by atoms with Crippen LogP contribution in [0.4, 0.5) is 0 Å². The van der Waals surface area contributed by atoms with Crippen molar-refractivity contribution in [3.8, 4) is 0 Å². The first-order valence-electron chi connectivity index (χ1n) is 12.9. The summed E-state index contributed by atoms with van der Waals surface area (Å²) in [7, 11) is 0. The van der Waals surface area contributed by atoms with Gasteiger partial charge in [0.2, 0.25) is 0 Å². The van der Waals surface area contributed by atoms with E-state index in [9.17, 15) is 0 Å². The molecule has 3 nitrogen and oxygen atoms in total. The Morgan fingerprint density at radius 3 is 0.871 bits per heavy atom. The van der Waals surface area contributed by atoms with Gasteiger partial charge in [0.05, 0.1) is 18.3 Å². The van der Waals surface area contributed by atoms with Crippen LogP contribution in [0.5, 0.6) is 0 Å². The number of aliphatic hydroxyl groups is 3. The molecule has 0 bridgehead atoms. The Morgan fingerprint density at radius 2 is 0.839 bits per heavy atom. The Morgan fingerprint density at radius 1 is 0.581 bits per heavy atom. The van der Waals surface area contributed by atoms with Crippen LogP contribution in [0.25, 0.3) is 0 Å². The minimum atomic E-state index is -0.102. The van der Waals surface area contributed by atoms with Crippen molar-refractivity contribution in [3.63, 3.8) is 0 Å². The summed E-state index contributed by atoms with van der Waals surface area (Å²) < 4.78 is 0. The first-order valence-corrected chi connectivity index (χ1v) is 12.9. The highest BCUT2D eigenvalue weighted by Gasteiger charge is 2.03. The first-order chi connectivity index (χ1) is 13.8. The third-order valence-electron chi connectivity index (χ3n) is 4.37. The largest absolute Gasteiger partial charge is 0.393 e. The predicted molar refractivity (Wildman–Crippen MR) is 146 cm³/mol. The fourth-order valence-electron chi connectivity index (χ4n) is 1.62. The van der Waals surface area contributed by atoms with Crippen LogP contribution in [-0.2, 0) is 0 Å². The van der Waals surface area contributed by atoms with Gasteiger partial charge in [-0.05, 0) is 44.9 Å². The van der Waals surface area contributed by atoms with Gasteiger partial charge >= 0.3 is 0 Å². The fraction of sp³-hybridized carbons (Fsp3) is 1.00. The van der Waals surface area contributed by atoms with Crippen molar-refractivity contribution in [2.75, 3.05) is 0 Å². The number of unbranched alkanes of at least 4 members (excludes halogenated alkanes) is 3. The molecule has 0 fully saturated rings. The molecular weight excluding hydrogens is 384 g/mol. The van der Waals surface area contributed by atoms with E-state index < -0.39 is 0 Å². The Hall–Kier alpha value is -0.120. The van der Waals surface area contributed by atoms with Gasteiger partial charge < -0.3 is 15.3 Å². The Labute approximate surface area is 200 Å². The number of hydrogen-bond acceptors (Lipinski definition) is 3. The Balaban J connectivity index is -0.0000000625. The molecule has 3 N–H and O–H groups in total. The Kier molecular flexibility index (Phi) is 53.5. The standard InChI is InChI=1S/2C6H14.3C5H12O.CH4/c1-5-6(2,3)4;1-3-5-6-4-2;2*1-3-4-5(2)6;1-3-5(6)4-2;/h5H2,1-4H3;3-6H2,1-2H3;3*5-6H,3-4H2,1-2H3;1H4. The van der Waals surface area contributed by atoms with Crippen molar-refractivity contribution < 1.29 is 15.3 Å². The van der Waals surface area contributed by atoms with Gasteiger partial charge in [-0.25, -0.2) is 0 Å². The van der Waals surface area contributed by atoms with E-state index in [0.717, 1.165) is 38.5 Å². The molecular formula is C28H68O3. The molecule has 0 spiro atoms. The molecule has 0 radical (unpaired) electrons. The second-order valence-electron chi connectivity index (χ2n) is 9.37. The van der Waals surface area contributed by atoms with Crippen LogP contribution in [0.3, 0.4) is 0 Å². The molecule has 2 atom stereocenters. The molecule has 0 aromatic carbocycles. The molecule has 0 aromatic rings. The monoisotopic (exact) mass is 453 g/mol. The molecule has 0 amide bonds. The lowest BCUT2D eigenvalue weighted by Gasteiger charge is -2.12. The molecule has 0 aliphatic carbocycles. The van der Waals surface area contributed by atoms with Crippen LogP contribution in [-0.4, -0.2) is 33.6 Å². The lowest BCUT2D eigenvalue weighted by molar-refractivity contribution is 0.166. The lowest BCUT2D eigenvalue weighted by atomic mass is 9.94. The van der Waals surface area contributed by atoms with Crippen molar-refractivity contribution >= 4 is 0 Å². The van der Waals surface area contributed by atoms with E-state index in [4.69, 9.17) is 15.3 Å². The average molecular weight is 453 g/mol. The number of rotatable bonds is 9. The number of hydrogen-bond donors (Lipinski definition) is 3. The highest BCUT2D eigenvalue weighted by molar-refractivity contribution is 4.55. The van der Waals surface area contributed by atoms with E-state index in [1.807, 2.05) is 27.7 Å². The summed E-state index contributed by atoms with van der Waals surface area (Å²) in [6.07, 6.45) is 12.3. The summed E-state index contributed by atoms with van der Waals surface area (Å²) in [6, 6.07) is 0. The molecule has 3 heteroatoms. The Bertz CT molecular complexity index is 227. The van der Waals surface area contributed by atoms with E-state index >= 15 is 0 Å². The summed E-state index contributed by atoms with van der Waals surface area (Å²) in [5.41, 5.74) is 0.542. The quantitative estimate of drug-likeness (QED) is 0.305. The topological polar surface area (TPSA) is 60.7 Å².